The molecule has 1 aliphatic carbocycles. The van der Waals surface area contributed by atoms with Crippen LogP contribution in [0.4, 0.5) is 30.9 Å². The summed E-state index contributed by atoms with van der Waals surface area (Å²) in [5.41, 5.74) is 2.62. The van der Waals surface area contributed by atoms with E-state index in [9.17, 15) is 4.79 Å². The van der Waals surface area contributed by atoms with E-state index < -0.39 is 17.7 Å². The van der Waals surface area contributed by atoms with Crippen LogP contribution < -0.4 is 25.4 Å². The van der Waals surface area contributed by atoms with Gasteiger partial charge in [-0.3, -0.25) is 15.0 Å². The number of amides is 2. The fourth-order valence-corrected chi connectivity index (χ4v) is 4.71. The van der Waals surface area contributed by atoms with E-state index in [1.54, 1.807) is 43.1 Å². The zero-order valence-electron chi connectivity index (χ0n) is 23.8. The highest BCUT2D eigenvalue weighted by Crippen LogP contribution is 2.44. The Hall–Kier alpha value is -4.81. The highest BCUT2D eigenvalue weighted by Gasteiger charge is 2.33. The zero-order valence-corrected chi connectivity index (χ0v) is 23.8. The SMILES string of the molecule is CCNC(=O)Nc1nc(-c2nn(Cc3c(F)cc(OCC)cc3F)c(C3CC3)c2C)nc(Nc2ccncc2)c1OC. The van der Waals surface area contributed by atoms with Crippen molar-refractivity contribution in [1.82, 2.24) is 30.0 Å². The predicted octanol–water partition coefficient (Wildman–Crippen LogP) is 5.54. The number of anilines is 3. The van der Waals surface area contributed by atoms with Gasteiger partial charge in [0.15, 0.2) is 17.5 Å². The summed E-state index contributed by atoms with van der Waals surface area (Å²) >= 11 is 0. The topological polar surface area (TPSA) is 128 Å². The molecule has 42 heavy (non-hydrogen) atoms. The number of methoxy groups -OCH3 is 1. The van der Waals surface area contributed by atoms with E-state index in [4.69, 9.17) is 19.6 Å². The Balaban J connectivity index is 1.60. The molecule has 0 spiro atoms. The van der Waals surface area contributed by atoms with Gasteiger partial charge in [-0.1, -0.05) is 0 Å². The molecule has 3 heterocycles. The molecule has 1 aliphatic rings. The number of benzene rings is 1. The number of hydrogen-bond donors (Lipinski definition) is 3. The molecule has 220 valence electrons. The van der Waals surface area contributed by atoms with Crippen LogP contribution in [-0.4, -0.2) is 51.0 Å². The standard InChI is InChI=1S/C29H32F2N8O3/c1-5-33-29(40)37-28-25(41-4)27(34-18-9-11-32-12-10-18)35-26(36-28)23-16(3)24(17-7-8-17)39(38-23)15-20-21(30)13-19(42-6-2)14-22(20)31/h9-14,17H,5-8,15H2,1-4H3,(H3,32,33,34,35,36,37,40). The minimum Gasteiger partial charge on any atom is -0.494 e. The number of carbonyl (C=O) groups excluding carboxylic acids is 1. The highest BCUT2D eigenvalue weighted by molar-refractivity contribution is 5.91. The van der Waals surface area contributed by atoms with Crippen molar-refractivity contribution in [2.45, 2.75) is 46.1 Å². The smallest absolute Gasteiger partial charge is 0.320 e. The highest BCUT2D eigenvalue weighted by atomic mass is 19.1. The molecular weight excluding hydrogens is 546 g/mol. The summed E-state index contributed by atoms with van der Waals surface area (Å²) in [6, 6.07) is 5.39. The molecule has 0 radical (unpaired) electrons. The second-order valence-electron chi connectivity index (χ2n) is 9.71. The second-order valence-corrected chi connectivity index (χ2v) is 9.71. The predicted molar refractivity (Wildman–Crippen MR) is 153 cm³/mol. The molecule has 3 aromatic heterocycles. The Bertz CT molecular complexity index is 1570. The Kier molecular flexibility index (Phi) is 8.46. The van der Waals surface area contributed by atoms with Gasteiger partial charge in [0, 0.05) is 59.5 Å². The molecule has 1 saturated carbocycles. The van der Waals surface area contributed by atoms with Crippen LogP contribution in [0.1, 0.15) is 49.4 Å². The molecule has 2 amide bonds. The first kappa shape index (κ1) is 28.7. The summed E-state index contributed by atoms with van der Waals surface area (Å²) in [6.45, 7) is 6.00. The molecule has 0 saturated heterocycles. The summed E-state index contributed by atoms with van der Waals surface area (Å²) in [7, 11) is 1.45. The Morgan fingerprint density at radius 1 is 1.10 bits per heavy atom. The molecule has 5 rings (SSSR count). The normalized spacial score (nSPS) is 12.6. The van der Waals surface area contributed by atoms with Gasteiger partial charge in [-0.05, 0) is 45.7 Å². The summed E-state index contributed by atoms with van der Waals surface area (Å²) < 4.78 is 42.5. The summed E-state index contributed by atoms with van der Waals surface area (Å²) in [4.78, 5) is 25.8. The van der Waals surface area contributed by atoms with Gasteiger partial charge in [0.05, 0.1) is 20.3 Å². The summed E-state index contributed by atoms with van der Waals surface area (Å²) in [5, 5.41) is 13.3. The van der Waals surface area contributed by atoms with Gasteiger partial charge in [0.25, 0.3) is 0 Å². The van der Waals surface area contributed by atoms with Crippen molar-refractivity contribution in [2.24, 2.45) is 0 Å². The fraction of sp³-hybridized carbons (Fsp3) is 0.345. The molecule has 13 heteroatoms. The molecule has 0 bridgehead atoms. The lowest BCUT2D eigenvalue weighted by molar-refractivity contribution is 0.252. The van der Waals surface area contributed by atoms with E-state index in [0.29, 0.717) is 24.5 Å². The Morgan fingerprint density at radius 3 is 2.40 bits per heavy atom. The number of ether oxygens (including phenoxy) is 2. The fourth-order valence-electron chi connectivity index (χ4n) is 4.71. The van der Waals surface area contributed by atoms with Crippen LogP contribution in [0.25, 0.3) is 11.5 Å². The lowest BCUT2D eigenvalue weighted by Crippen LogP contribution is -2.29. The van der Waals surface area contributed by atoms with E-state index in [1.165, 1.54) is 19.2 Å². The van der Waals surface area contributed by atoms with Gasteiger partial charge >= 0.3 is 6.03 Å². The number of nitrogens with one attached hydrogen (secondary N) is 3. The maximum atomic E-state index is 15.0. The van der Waals surface area contributed by atoms with Gasteiger partial charge in [-0.2, -0.15) is 5.10 Å². The summed E-state index contributed by atoms with van der Waals surface area (Å²) in [6.07, 6.45) is 5.11. The van der Waals surface area contributed by atoms with Crippen LogP contribution in [-0.2, 0) is 6.54 Å². The van der Waals surface area contributed by atoms with Gasteiger partial charge in [-0.15, -0.1) is 0 Å². The van der Waals surface area contributed by atoms with Crippen molar-refractivity contribution in [3.63, 3.8) is 0 Å². The van der Waals surface area contributed by atoms with Crippen LogP contribution in [0.5, 0.6) is 11.5 Å². The van der Waals surface area contributed by atoms with E-state index in [1.807, 2.05) is 6.92 Å². The molecule has 4 aromatic rings. The van der Waals surface area contributed by atoms with E-state index in [0.717, 1.165) is 24.1 Å². The Labute approximate surface area is 241 Å². The number of halogens is 2. The molecule has 11 nitrogen and oxygen atoms in total. The van der Waals surface area contributed by atoms with E-state index in [-0.39, 0.29) is 47.0 Å². The van der Waals surface area contributed by atoms with Crippen molar-refractivity contribution < 1.29 is 23.0 Å². The van der Waals surface area contributed by atoms with Crippen molar-refractivity contribution in [3.8, 4) is 23.0 Å². The quantitative estimate of drug-likeness (QED) is 0.212. The minimum absolute atomic E-state index is 0.121. The first-order valence-corrected chi connectivity index (χ1v) is 13.7. The third-order valence-electron chi connectivity index (χ3n) is 6.73. The van der Waals surface area contributed by atoms with Gasteiger partial charge in [-0.25, -0.2) is 23.5 Å². The first-order valence-electron chi connectivity index (χ1n) is 13.7. The molecule has 0 atom stereocenters. The van der Waals surface area contributed by atoms with Crippen molar-refractivity contribution in [2.75, 3.05) is 30.9 Å². The number of urea groups is 1. The Morgan fingerprint density at radius 2 is 1.79 bits per heavy atom. The summed E-state index contributed by atoms with van der Waals surface area (Å²) in [5.74, 6) is -0.295. The monoisotopic (exact) mass is 578 g/mol. The third kappa shape index (κ3) is 6.09. The minimum atomic E-state index is -0.715. The molecule has 1 fully saturated rings. The first-order chi connectivity index (χ1) is 20.3. The van der Waals surface area contributed by atoms with Crippen LogP contribution in [0.3, 0.4) is 0 Å². The van der Waals surface area contributed by atoms with Crippen LogP contribution in [0.2, 0.25) is 0 Å². The maximum absolute atomic E-state index is 15.0. The van der Waals surface area contributed by atoms with Crippen LogP contribution >= 0.6 is 0 Å². The van der Waals surface area contributed by atoms with Gasteiger partial charge in [0.2, 0.25) is 5.75 Å². The molecular formula is C29H32F2N8O3. The number of pyridine rings is 1. The van der Waals surface area contributed by atoms with E-state index in [2.05, 4.69) is 25.9 Å². The molecule has 0 unspecified atom stereocenters. The van der Waals surface area contributed by atoms with Crippen molar-refractivity contribution in [3.05, 3.63) is 65.1 Å². The van der Waals surface area contributed by atoms with Gasteiger partial charge in [0.1, 0.15) is 23.1 Å². The zero-order chi connectivity index (χ0) is 29.8. The lowest BCUT2D eigenvalue weighted by Gasteiger charge is -2.16. The maximum Gasteiger partial charge on any atom is 0.320 e. The third-order valence-corrected chi connectivity index (χ3v) is 6.73. The lowest BCUT2D eigenvalue weighted by atomic mass is 10.1. The average molecular weight is 579 g/mol. The van der Waals surface area contributed by atoms with Crippen LogP contribution in [0, 0.1) is 18.6 Å². The molecule has 1 aromatic carbocycles. The number of hydrogen-bond acceptors (Lipinski definition) is 8. The number of carbonyl (C=O) groups is 1. The number of rotatable bonds is 11. The number of aromatic nitrogens is 5. The number of nitrogens with zero attached hydrogens (tertiary/aromatic N) is 5. The van der Waals surface area contributed by atoms with Crippen molar-refractivity contribution >= 4 is 23.4 Å². The van der Waals surface area contributed by atoms with E-state index >= 15 is 8.78 Å². The van der Waals surface area contributed by atoms with Crippen molar-refractivity contribution in [1.29, 1.82) is 0 Å². The van der Waals surface area contributed by atoms with Gasteiger partial charge < -0.3 is 20.1 Å². The molecule has 0 aliphatic heterocycles. The average Bonchev–Trinajstić information content (AvgIpc) is 3.74. The van der Waals surface area contributed by atoms with Crippen LogP contribution in [0.15, 0.2) is 36.7 Å². The second kappa shape index (κ2) is 12.4. The largest absolute Gasteiger partial charge is 0.494 e. The molecule has 3 N–H and O–H groups in total.